The smallest absolute Gasteiger partial charge is 0.269 e. The van der Waals surface area contributed by atoms with E-state index in [1.165, 1.54) is 42.0 Å². The average molecular weight is 433 g/mol. The van der Waals surface area contributed by atoms with Gasteiger partial charge in [-0.3, -0.25) is 19.8 Å². The Morgan fingerprint density at radius 3 is 2.56 bits per heavy atom. The normalized spacial score (nSPS) is 15.1. The lowest BCUT2D eigenvalue weighted by atomic mass is 10.0. The number of aromatic nitrogens is 2. The van der Waals surface area contributed by atoms with Gasteiger partial charge in [0.15, 0.2) is 5.82 Å². The average Bonchev–Trinajstić information content (AvgIpc) is 3.29. The summed E-state index contributed by atoms with van der Waals surface area (Å²) >= 11 is 0. The molecule has 2 aromatic carbocycles. The Kier molecular flexibility index (Phi) is 6.66. The number of carbonyl (C=O) groups excluding carboxylic acids is 1. The third kappa shape index (κ3) is 5.64. The maximum absolute atomic E-state index is 12.3. The molecule has 1 aromatic heterocycles. The van der Waals surface area contributed by atoms with Crippen molar-refractivity contribution in [1.82, 2.24) is 20.4 Å². The van der Waals surface area contributed by atoms with Crippen LogP contribution < -0.4 is 5.32 Å². The number of hydrogen-bond acceptors (Lipinski definition) is 7. The first kappa shape index (κ1) is 21.4. The lowest BCUT2D eigenvalue weighted by molar-refractivity contribution is -0.384. The molecule has 1 aliphatic heterocycles. The zero-order valence-corrected chi connectivity index (χ0v) is 17.4. The molecule has 1 N–H and O–H groups in total. The van der Waals surface area contributed by atoms with Gasteiger partial charge in [-0.15, -0.1) is 0 Å². The lowest BCUT2D eigenvalue weighted by Gasteiger charge is -2.32. The van der Waals surface area contributed by atoms with E-state index in [9.17, 15) is 14.9 Å². The highest BCUT2D eigenvalue weighted by Gasteiger charge is 2.20. The summed E-state index contributed by atoms with van der Waals surface area (Å²) < 4.78 is 5.17. The summed E-state index contributed by atoms with van der Waals surface area (Å²) in [7, 11) is 0. The van der Waals surface area contributed by atoms with Gasteiger partial charge in [0.2, 0.25) is 5.91 Å². The number of non-ortho nitro benzene ring substituents is 1. The molecule has 0 aliphatic carbocycles. The van der Waals surface area contributed by atoms with Crippen LogP contribution in [-0.4, -0.2) is 45.0 Å². The minimum Gasteiger partial charge on any atom is -0.350 e. The second-order valence-corrected chi connectivity index (χ2v) is 7.64. The summed E-state index contributed by atoms with van der Waals surface area (Å²) in [5, 5.41) is 17.6. The van der Waals surface area contributed by atoms with Crippen molar-refractivity contribution in [2.75, 3.05) is 13.1 Å². The fraction of sp³-hybridized carbons (Fsp3) is 0.261. The van der Waals surface area contributed by atoms with Crippen molar-refractivity contribution in [1.29, 1.82) is 0 Å². The number of amides is 1. The first-order chi connectivity index (χ1) is 15.6. The van der Waals surface area contributed by atoms with Gasteiger partial charge < -0.3 is 9.84 Å². The van der Waals surface area contributed by atoms with E-state index in [1.54, 1.807) is 0 Å². The highest BCUT2D eigenvalue weighted by atomic mass is 16.6. The van der Waals surface area contributed by atoms with E-state index in [-0.39, 0.29) is 29.4 Å². The minimum atomic E-state index is -0.475. The Labute approximate surface area is 184 Å². The van der Waals surface area contributed by atoms with Gasteiger partial charge in [0, 0.05) is 49.4 Å². The fourth-order valence-corrected chi connectivity index (χ4v) is 3.62. The third-order valence-electron chi connectivity index (χ3n) is 5.33. The van der Waals surface area contributed by atoms with Crippen LogP contribution in [0.1, 0.15) is 24.2 Å². The molecule has 3 aromatic rings. The lowest BCUT2D eigenvalue weighted by Crippen LogP contribution is -2.43. The Bertz CT molecular complexity index is 1090. The Morgan fingerprint density at radius 1 is 1.16 bits per heavy atom. The number of piperidine rings is 1. The first-order valence-corrected chi connectivity index (χ1v) is 10.4. The zero-order valence-electron chi connectivity index (χ0n) is 17.4. The first-order valence-electron chi connectivity index (χ1n) is 10.4. The van der Waals surface area contributed by atoms with Crippen molar-refractivity contribution in [2.24, 2.45) is 0 Å². The molecule has 0 atom stereocenters. The standard InChI is InChI=1S/C23H23N5O4/c29-22(24-19-12-14-27(15-13-19)16-17-4-2-1-3-5-17)11-10-21-25-23(32-26-21)18-6-8-20(9-7-18)28(30)31/h1-11,19H,12-16H2,(H,24,29). The monoisotopic (exact) mass is 433 g/mol. The summed E-state index contributed by atoms with van der Waals surface area (Å²) in [6, 6.07) is 16.3. The van der Waals surface area contributed by atoms with E-state index >= 15 is 0 Å². The van der Waals surface area contributed by atoms with Crippen LogP contribution in [0.3, 0.4) is 0 Å². The molecular formula is C23H23N5O4. The quantitative estimate of drug-likeness (QED) is 0.345. The van der Waals surface area contributed by atoms with Crippen LogP contribution in [0.5, 0.6) is 0 Å². The largest absolute Gasteiger partial charge is 0.350 e. The molecule has 2 heterocycles. The van der Waals surface area contributed by atoms with Crippen LogP contribution in [-0.2, 0) is 11.3 Å². The molecule has 0 spiro atoms. The van der Waals surface area contributed by atoms with Gasteiger partial charge in [0.25, 0.3) is 11.6 Å². The Morgan fingerprint density at radius 2 is 1.88 bits per heavy atom. The van der Waals surface area contributed by atoms with Gasteiger partial charge in [0.05, 0.1) is 4.92 Å². The molecule has 0 radical (unpaired) electrons. The van der Waals surface area contributed by atoms with E-state index in [0.717, 1.165) is 32.5 Å². The Balaban J connectivity index is 1.25. The number of rotatable bonds is 7. The van der Waals surface area contributed by atoms with Crippen molar-refractivity contribution < 1.29 is 14.2 Å². The molecule has 1 amide bonds. The second-order valence-electron chi connectivity index (χ2n) is 7.64. The van der Waals surface area contributed by atoms with Crippen molar-refractivity contribution in [3.8, 4) is 11.5 Å². The molecule has 32 heavy (non-hydrogen) atoms. The number of carbonyl (C=O) groups is 1. The topological polar surface area (TPSA) is 114 Å². The summed E-state index contributed by atoms with van der Waals surface area (Å²) in [5.41, 5.74) is 1.84. The van der Waals surface area contributed by atoms with Gasteiger partial charge in [-0.05, 0) is 36.6 Å². The number of nitrogens with zero attached hydrogens (tertiary/aromatic N) is 4. The van der Waals surface area contributed by atoms with Crippen LogP contribution in [0.25, 0.3) is 17.5 Å². The molecule has 9 heteroatoms. The predicted octanol–water partition coefficient (Wildman–Crippen LogP) is 3.44. The molecular weight excluding hydrogens is 410 g/mol. The molecule has 1 saturated heterocycles. The van der Waals surface area contributed by atoms with E-state index in [2.05, 4.69) is 32.5 Å². The fourth-order valence-electron chi connectivity index (χ4n) is 3.62. The molecule has 0 bridgehead atoms. The number of hydrogen-bond donors (Lipinski definition) is 1. The molecule has 4 rings (SSSR count). The van der Waals surface area contributed by atoms with Gasteiger partial charge in [-0.1, -0.05) is 35.5 Å². The number of nitro groups is 1. The maximum Gasteiger partial charge on any atom is 0.269 e. The zero-order chi connectivity index (χ0) is 22.3. The highest BCUT2D eigenvalue weighted by Crippen LogP contribution is 2.21. The molecule has 0 unspecified atom stereocenters. The van der Waals surface area contributed by atoms with Gasteiger partial charge >= 0.3 is 0 Å². The van der Waals surface area contributed by atoms with Gasteiger partial charge in [0.1, 0.15) is 0 Å². The number of nitrogens with one attached hydrogen (secondary N) is 1. The van der Waals surface area contributed by atoms with E-state index < -0.39 is 4.92 Å². The van der Waals surface area contributed by atoms with Crippen molar-refractivity contribution in [3.63, 3.8) is 0 Å². The van der Waals surface area contributed by atoms with Crippen LogP contribution in [0.15, 0.2) is 65.2 Å². The predicted molar refractivity (Wildman–Crippen MR) is 118 cm³/mol. The highest BCUT2D eigenvalue weighted by molar-refractivity contribution is 5.91. The van der Waals surface area contributed by atoms with Gasteiger partial charge in [-0.25, -0.2) is 0 Å². The van der Waals surface area contributed by atoms with E-state index in [4.69, 9.17) is 4.52 Å². The van der Waals surface area contributed by atoms with Crippen LogP contribution in [0.2, 0.25) is 0 Å². The second kappa shape index (κ2) is 9.97. The summed E-state index contributed by atoms with van der Waals surface area (Å²) in [6.45, 7) is 2.80. The summed E-state index contributed by atoms with van der Waals surface area (Å²) in [6.07, 6.45) is 4.68. The molecule has 1 fully saturated rings. The SMILES string of the molecule is O=C(C=Cc1noc(-c2ccc([N+](=O)[O-])cc2)n1)NC1CCN(Cc2ccccc2)CC1. The molecule has 1 aliphatic rings. The number of likely N-dealkylation sites (tertiary alicyclic amines) is 1. The van der Waals surface area contributed by atoms with E-state index in [0.29, 0.717) is 5.56 Å². The van der Waals surface area contributed by atoms with Crippen LogP contribution >= 0.6 is 0 Å². The van der Waals surface area contributed by atoms with Crippen LogP contribution in [0.4, 0.5) is 5.69 Å². The molecule has 9 nitrogen and oxygen atoms in total. The third-order valence-corrected chi connectivity index (χ3v) is 5.33. The summed E-state index contributed by atoms with van der Waals surface area (Å²) in [5.74, 6) is 0.283. The Hall–Kier alpha value is -3.85. The van der Waals surface area contributed by atoms with Gasteiger partial charge in [-0.2, -0.15) is 4.98 Å². The van der Waals surface area contributed by atoms with Crippen molar-refractivity contribution >= 4 is 17.7 Å². The summed E-state index contributed by atoms with van der Waals surface area (Å²) in [4.78, 5) is 29.1. The van der Waals surface area contributed by atoms with Crippen molar-refractivity contribution in [3.05, 3.63) is 82.2 Å². The van der Waals surface area contributed by atoms with Crippen LogP contribution in [0, 0.1) is 10.1 Å². The molecule has 0 saturated carbocycles. The maximum atomic E-state index is 12.3. The minimum absolute atomic E-state index is 0.0176. The molecule has 164 valence electrons. The van der Waals surface area contributed by atoms with E-state index in [1.807, 2.05) is 18.2 Å². The number of nitro benzene ring substituents is 1. The van der Waals surface area contributed by atoms with Crippen molar-refractivity contribution in [2.45, 2.75) is 25.4 Å². The number of benzene rings is 2.